The topological polar surface area (TPSA) is 77.1 Å². The summed E-state index contributed by atoms with van der Waals surface area (Å²) in [7, 11) is 0. The Morgan fingerprint density at radius 3 is 2.77 bits per heavy atom. The zero-order chi connectivity index (χ0) is 18.1. The van der Waals surface area contributed by atoms with Gasteiger partial charge in [-0.1, -0.05) is 12.1 Å². The molecule has 0 radical (unpaired) electrons. The average Bonchev–Trinajstić information content (AvgIpc) is 3.18. The standard InChI is InChI=1S/C19H18N6O/c1-13-9-14(2)25(22-13)12-15-5-3-6-16(10-15)21-19(26)17-11-18-20-7-4-8-24(18)23-17/h3-11H,12H2,1-2H3,(H,21,26). The van der Waals surface area contributed by atoms with Crippen molar-refractivity contribution in [1.29, 1.82) is 0 Å². The molecule has 3 heterocycles. The normalized spacial score (nSPS) is 11.0. The Kier molecular flexibility index (Phi) is 3.96. The highest BCUT2D eigenvalue weighted by Gasteiger charge is 2.12. The predicted molar refractivity (Wildman–Crippen MR) is 98.2 cm³/mol. The fourth-order valence-corrected chi connectivity index (χ4v) is 2.89. The van der Waals surface area contributed by atoms with Crippen LogP contribution in [0.2, 0.25) is 0 Å². The smallest absolute Gasteiger partial charge is 0.276 e. The lowest BCUT2D eigenvalue weighted by Gasteiger charge is -2.08. The molecular formula is C19H18N6O. The number of benzene rings is 1. The molecule has 0 fully saturated rings. The first-order chi connectivity index (χ1) is 12.6. The third kappa shape index (κ3) is 3.19. The quantitative estimate of drug-likeness (QED) is 0.616. The molecule has 1 aromatic carbocycles. The molecule has 130 valence electrons. The summed E-state index contributed by atoms with van der Waals surface area (Å²) in [5.74, 6) is -0.265. The van der Waals surface area contributed by atoms with Gasteiger partial charge in [-0.15, -0.1) is 0 Å². The molecule has 0 bridgehead atoms. The molecular weight excluding hydrogens is 328 g/mol. The lowest BCUT2D eigenvalue weighted by molar-refractivity contribution is 0.102. The Labute approximate surface area is 150 Å². The molecule has 0 aliphatic heterocycles. The molecule has 0 spiro atoms. The van der Waals surface area contributed by atoms with Crippen LogP contribution >= 0.6 is 0 Å². The van der Waals surface area contributed by atoms with Gasteiger partial charge in [0, 0.05) is 29.8 Å². The Morgan fingerprint density at radius 1 is 1.12 bits per heavy atom. The first kappa shape index (κ1) is 16.0. The number of hydrogen-bond acceptors (Lipinski definition) is 4. The molecule has 0 unspecified atom stereocenters. The van der Waals surface area contributed by atoms with Crippen molar-refractivity contribution in [1.82, 2.24) is 24.4 Å². The van der Waals surface area contributed by atoms with Crippen LogP contribution in [0.5, 0.6) is 0 Å². The summed E-state index contributed by atoms with van der Waals surface area (Å²) in [5, 5.41) is 11.6. The first-order valence-electron chi connectivity index (χ1n) is 8.30. The Balaban J connectivity index is 1.52. The second kappa shape index (κ2) is 6.44. The molecule has 3 aromatic heterocycles. The summed E-state index contributed by atoms with van der Waals surface area (Å²) in [5.41, 5.74) is 4.84. The van der Waals surface area contributed by atoms with E-state index in [1.54, 1.807) is 29.0 Å². The van der Waals surface area contributed by atoms with E-state index in [1.165, 1.54) is 0 Å². The number of carbonyl (C=O) groups is 1. The molecule has 4 rings (SSSR count). The monoisotopic (exact) mass is 346 g/mol. The minimum Gasteiger partial charge on any atom is -0.321 e. The van der Waals surface area contributed by atoms with E-state index < -0.39 is 0 Å². The van der Waals surface area contributed by atoms with Crippen LogP contribution in [0.25, 0.3) is 5.65 Å². The van der Waals surface area contributed by atoms with E-state index >= 15 is 0 Å². The zero-order valence-corrected chi connectivity index (χ0v) is 14.5. The molecule has 0 saturated carbocycles. The molecule has 1 amide bonds. The van der Waals surface area contributed by atoms with Crippen molar-refractivity contribution in [3.05, 3.63) is 77.5 Å². The molecule has 7 nitrogen and oxygen atoms in total. The molecule has 0 aliphatic rings. The van der Waals surface area contributed by atoms with Gasteiger partial charge in [-0.25, -0.2) is 9.50 Å². The van der Waals surface area contributed by atoms with Crippen LogP contribution in [0, 0.1) is 13.8 Å². The Hall–Kier alpha value is -3.48. The van der Waals surface area contributed by atoms with Gasteiger partial charge in [0.2, 0.25) is 0 Å². The number of amides is 1. The Bertz CT molecular complexity index is 1060. The van der Waals surface area contributed by atoms with Gasteiger partial charge in [-0.3, -0.25) is 9.48 Å². The number of nitrogens with one attached hydrogen (secondary N) is 1. The minimum absolute atomic E-state index is 0.265. The molecule has 0 aliphatic carbocycles. The zero-order valence-electron chi connectivity index (χ0n) is 14.5. The van der Waals surface area contributed by atoms with Crippen LogP contribution in [-0.4, -0.2) is 30.3 Å². The number of anilines is 1. The second-order valence-corrected chi connectivity index (χ2v) is 6.19. The summed E-state index contributed by atoms with van der Waals surface area (Å²) in [4.78, 5) is 16.7. The summed E-state index contributed by atoms with van der Waals surface area (Å²) >= 11 is 0. The minimum atomic E-state index is -0.265. The van der Waals surface area contributed by atoms with E-state index in [9.17, 15) is 4.79 Å². The van der Waals surface area contributed by atoms with Gasteiger partial charge in [0.15, 0.2) is 11.3 Å². The first-order valence-corrected chi connectivity index (χ1v) is 8.30. The molecule has 0 saturated heterocycles. The van der Waals surface area contributed by atoms with E-state index in [2.05, 4.69) is 20.5 Å². The Morgan fingerprint density at radius 2 is 2.00 bits per heavy atom. The van der Waals surface area contributed by atoms with E-state index in [-0.39, 0.29) is 5.91 Å². The summed E-state index contributed by atoms with van der Waals surface area (Å²) in [6.07, 6.45) is 3.43. The highest BCUT2D eigenvalue weighted by molar-refractivity contribution is 6.03. The number of aryl methyl sites for hydroxylation is 2. The van der Waals surface area contributed by atoms with Gasteiger partial charge in [0.1, 0.15) is 0 Å². The summed E-state index contributed by atoms with van der Waals surface area (Å²) in [6.45, 7) is 4.66. The number of aromatic nitrogens is 5. The fourth-order valence-electron chi connectivity index (χ4n) is 2.89. The van der Waals surface area contributed by atoms with Crippen molar-refractivity contribution in [2.24, 2.45) is 0 Å². The molecule has 4 aromatic rings. The van der Waals surface area contributed by atoms with Gasteiger partial charge in [0.05, 0.1) is 12.2 Å². The van der Waals surface area contributed by atoms with Gasteiger partial charge in [0.25, 0.3) is 5.91 Å². The van der Waals surface area contributed by atoms with Crippen LogP contribution in [-0.2, 0) is 6.54 Å². The van der Waals surface area contributed by atoms with E-state index in [0.717, 1.165) is 22.6 Å². The van der Waals surface area contributed by atoms with Crippen LogP contribution in [0.1, 0.15) is 27.4 Å². The number of carbonyl (C=O) groups excluding carboxylic acids is 1. The number of hydrogen-bond donors (Lipinski definition) is 1. The number of fused-ring (bicyclic) bond motifs is 1. The van der Waals surface area contributed by atoms with Gasteiger partial charge < -0.3 is 5.32 Å². The number of nitrogens with zero attached hydrogens (tertiary/aromatic N) is 5. The molecule has 1 N–H and O–H groups in total. The van der Waals surface area contributed by atoms with Gasteiger partial charge in [-0.2, -0.15) is 10.2 Å². The predicted octanol–water partition coefficient (Wildman–Crippen LogP) is 2.84. The van der Waals surface area contributed by atoms with E-state index in [0.29, 0.717) is 17.9 Å². The maximum absolute atomic E-state index is 12.5. The van der Waals surface area contributed by atoms with Crippen molar-refractivity contribution in [2.45, 2.75) is 20.4 Å². The van der Waals surface area contributed by atoms with Crippen LogP contribution in [0.4, 0.5) is 5.69 Å². The van der Waals surface area contributed by atoms with Crippen LogP contribution < -0.4 is 5.32 Å². The van der Waals surface area contributed by atoms with Crippen molar-refractivity contribution in [2.75, 3.05) is 5.32 Å². The highest BCUT2D eigenvalue weighted by Crippen LogP contribution is 2.15. The lowest BCUT2D eigenvalue weighted by Crippen LogP contribution is -2.13. The lowest BCUT2D eigenvalue weighted by atomic mass is 10.2. The van der Waals surface area contributed by atoms with Crippen molar-refractivity contribution < 1.29 is 4.79 Å². The SMILES string of the molecule is Cc1cc(C)n(Cc2cccc(NC(=O)c3cc4ncccn4n3)c2)n1. The highest BCUT2D eigenvalue weighted by atomic mass is 16.1. The van der Waals surface area contributed by atoms with Gasteiger partial charge >= 0.3 is 0 Å². The van der Waals surface area contributed by atoms with E-state index in [4.69, 9.17) is 0 Å². The van der Waals surface area contributed by atoms with Gasteiger partial charge in [-0.05, 0) is 43.7 Å². The molecule has 7 heteroatoms. The van der Waals surface area contributed by atoms with Crippen LogP contribution in [0.3, 0.4) is 0 Å². The number of rotatable bonds is 4. The largest absolute Gasteiger partial charge is 0.321 e. The summed E-state index contributed by atoms with van der Waals surface area (Å²) in [6, 6.07) is 13.2. The van der Waals surface area contributed by atoms with Crippen molar-refractivity contribution >= 4 is 17.2 Å². The molecule has 0 atom stereocenters. The van der Waals surface area contributed by atoms with Crippen molar-refractivity contribution in [3.8, 4) is 0 Å². The third-order valence-corrected chi connectivity index (χ3v) is 4.09. The maximum Gasteiger partial charge on any atom is 0.276 e. The maximum atomic E-state index is 12.5. The second-order valence-electron chi connectivity index (χ2n) is 6.19. The molecule has 26 heavy (non-hydrogen) atoms. The average molecular weight is 346 g/mol. The van der Waals surface area contributed by atoms with E-state index in [1.807, 2.05) is 48.9 Å². The van der Waals surface area contributed by atoms with Crippen molar-refractivity contribution in [3.63, 3.8) is 0 Å². The fraction of sp³-hybridized carbons (Fsp3) is 0.158. The third-order valence-electron chi connectivity index (χ3n) is 4.09. The van der Waals surface area contributed by atoms with Crippen LogP contribution in [0.15, 0.2) is 54.9 Å². The summed E-state index contributed by atoms with van der Waals surface area (Å²) < 4.78 is 3.53.